The largest absolute Gasteiger partial charge is 0.418 e. The van der Waals surface area contributed by atoms with Crippen molar-refractivity contribution in [2.75, 3.05) is 5.32 Å². The van der Waals surface area contributed by atoms with E-state index in [9.17, 15) is 35.9 Å². The standard InChI is InChI=1S/C27H32F6N2O2/c1-24-11-9-17-15(4-8-21-25(17,2)12-10-22(36)35-21)16(24)6-7-19(24)23(37)34-20-13-14(26(28,29)30)3-5-18(20)27(31,32)33/h3,5,13,15-17,19,21H,4,6-12H2,1-2H3,(H,34,37)(H,35,36). The molecule has 1 aliphatic heterocycles. The smallest absolute Gasteiger partial charge is 0.353 e. The number of rotatable bonds is 2. The molecule has 3 aliphatic carbocycles. The van der Waals surface area contributed by atoms with E-state index in [0.29, 0.717) is 42.9 Å². The normalized spacial score (nSPS) is 37.7. The molecular formula is C27H32F6N2O2. The maximum absolute atomic E-state index is 13.6. The Hall–Kier alpha value is -2.26. The molecule has 7 atom stereocenters. The molecule has 10 heteroatoms. The van der Waals surface area contributed by atoms with Crippen molar-refractivity contribution in [2.24, 2.45) is 34.5 Å². The van der Waals surface area contributed by atoms with Crippen LogP contribution in [0.15, 0.2) is 18.2 Å². The third-order valence-corrected chi connectivity index (χ3v) is 10.3. The van der Waals surface area contributed by atoms with Gasteiger partial charge in [-0.25, -0.2) is 0 Å². The Morgan fingerprint density at radius 3 is 2.30 bits per heavy atom. The minimum Gasteiger partial charge on any atom is -0.353 e. The molecule has 0 spiro atoms. The van der Waals surface area contributed by atoms with E-state index in [-0.39, 0.29) is 23.3 Å². The van der Waals surface area contributed by atoms with E-state index >= 15 is 0 Å². The minimum atomic E-state index is -4.91. The van der Waals surface area contributed by atoms with E-state index in [4.69, 9.17) is 0 Å². The molecule has 7 unspecified atom stereocenters. The van der Waals surface area contributed by atoms with Gasteiger partial charge in [-0.2, -0.15) is 26.3 Å². The molecule has 1 saturated heterocycles. The zero-order chi connectivity index (χ0) is 27.0. The van der Waals surface area contributed by atoms with E-state index in [1.165, 1.54) is 0 Å². The third-order valence-electron chi connectivity index (χ3n) is 10.3. The quantitative estimate of drug-likeness (QED) is 0.413. The second-order valence-electron chi connectivity index (χ2n) is 12.0. The van der Waals surface area contributed by atoms with Crippen LogP contribution >= 0.6 is 0 Å². The van der Waals surface area contributed by atoms with Crippen molar-refractivity contribution in [3.05, 3.63) is 29.3 Å². The first kappa shape index (κ1) is 26.4. The highest BCUT2D eigenvalue weighted by Crippen LogP contribution is 2.65. The van der Waals surface area contributed by atoms with Crippen LogP contribution in [0.25, 0.3) is 0 Å². The molecule has 4 aliphatic rings. The summed E-state index contributed by atoms with van der Waals surface area (Å²) in [5.41, 5.74) is -3.83. The van der Waals surface area contributed by atoms with E-state index < -0.39 is 46.4 Å². The summed E-state index contributed by atoms with van der Waals surface area (Å²) in [5, 5.41) is 5.43. The summed E-state index contributed by atoms with van der Waals surface area (Å²) < 4.78 is 80.4. The van der Waals surface area contributed by atoms with Crippen molar-refractivity contribution in [3.8, 4) is 0 Å². The van der Waals surface area contributed by atoms with Gasteiger partial charge in [0.05, 0.1) is 16.8 Å². The molecule has 0 aromatic heterocycles. The number of hydrogen-bond acceptors (Lipinski definition) is 2. The first-order valence-electron chi connectivity index (χ1n) is 13.0. The molecule has 4 nitrogen and oxygen atoms in total. The number of fused-ring (bicyclic) bond motifs is 5. The van der Waals surface area contributed by atoms with Gasteiger partial charge in [-0.3, -0.25) is 9.59 Å². The van der Waals surface area contributed by atoms with E-state index in [2.05, 4.69) is 17.6 Å². The maximum Gasteiger partial charge on any atom is 0.418 e. The van der Waals surface area contributed by atoms with Crippen molar-refractivity contribution in [1.82, 2.24) is 5.32 Å². The van der Waals surface area contributed by atoms with Gasteiger partial charge >= 0.3 is 12.4 Å². The Morgan fingerprint density at radius 1 is 0.919 bits per heavy atom. The number of amides is 2. The van der Waals surface area contributed by atoms with Crippen LogP contribution in [0, 0.1) is 34.5 Å². The molecular weight excluding hydrogens is 498 g/mol. The molecule has 5 rings (SSSR count). The monoisotopic (exact) mass is 530 g/mol. The number of anilines is 1. The van der Waals surface area contributed by atoms with Crippen molar-refractivity contribution < 1.29 is 35.9 Å². The summed E-state index contributed by atoms with van der Waals surface area (Å²) in [7, 11) is 0. The summed E-state index contributed by atoms with van der Waals surface area (Å²) in [5.74, 6) is -0.170. The fourth-order valence-electron chi connectivity index (χ4n) is 8.42. The molecule has 2 N–H and O–H groups in total. The van der Waals surface area contributed by atoms with Crippen LogP contribution in [0.1, 0.15) is 76.3 Å². The molecule has 2 amide bonds. The van der Waals surface area contributed by atoms with Crippen LogP contribution < -0.4 is 10.6 Å². The maximum atomic E-state index is 13.6. The van der Waals surface area contributed by atoms with Crippen molar-refractivity contribution in [1.29, 1.82) is 0 Å². The minimum absolute atomic E-state index is 0.0157. The zero-order valence-electron chi connectivity index (χ0n) is 20.9. The average Bonchev–Trinajstić information content (AvgIpc) is 3.15. The first-order chi connectivity index (χ1) is 17.1. The van der Waals surface area contributed by atoms with Gasteiger partial charge < -0.3 is 10.6 Å². The van der Waals surface area contributed by atoms with Crippen LogP contribution in [-0.4, -0.2) is 17.9 Å². The number of halogens is 6. The Kier molecular flexibility index (Phi) is 6.15. The lowest BCUT2D eigenvalue weighted by atomic mass is 9.47. The molecule has 4 fully saturated rings. The molecule has 37 heavy (non-hydrogen) atoms. The number of benzene rings is 1. The molecule has 1 aromatic rings. The van der Waals surface area contributed by atoms with Gasteiger partial charge in [0.1, 0.15) is 0 Å². The van der Waals surface area contributed by atoms with E-state index in [1.54, 1.807) is 0 Å². The van der Waals surface area contributed by atoms with Gasteiger partial charge in [0, 0.05) is 18.4 Å². The lowest BCUT2D eigenvalue weighted by molar-refractivity contribution is -0.141. The highest BCUT2D eigenvalue weighted by molar-refractivity contribution is 5.94. The fourth-order valence-corrected chi connectivity index (χ4v) is 8.42. The molecule has 1 heterocycles. The van der Waals surface area contributed by atoms with Gasteiger partial charge in [-0.05, 0) is 91.7 Å². The van der Waals surface area contributed by atoms with Gasteiger partial charge in [-0.15, -0.1) is 0 Å². The highest BCUT2D eigenvalue weighted by atomic mass is 19.4. The van der Waals surface area contributed by atoms with Gasteiger partial charge in [0.15, 0.2) is 0 Å². The fraction of sp³-hybridized carbons (Fsp3) is 0.704. The van der Waals surface area contributed by atoms with Gasteiger partial charge in [-0.1, -0.05) is 13.8 Å². The van der Waals surface area contributed by atoms with Crippen molar-refractivity contribution in [3.63, 3.8) is 0 Å². The summed E-state index contributed by atoms with van der Waals surface area (Å²) in [4.78, 5) is 25.4. The Bertz CT molecular complexity index is 1100. The predicted octanol–water partition coefficient (Wildman–Crippen LogP) is 6.80. The number of hydrogen-bond donors (Lipinski definition) is 2. The van der Waals surface area contributed by atoms with Crippen LogP contribution in [0.5, 0.6) is 0 Å². The van der Waals surface area contributed by atoms with Crippen LogP contribution in [0.4, 0.5) is 32.0 Å². The average molecular weight is 531 g/mol. The van der Waals surface area contributed by atoms with Crippen LogP contribution in [0.3, 0.4) is 0 Å². The van der Waals surface area contributed by atoms with Crippen molar-refractivity contribution in [2.45, 2.75) is 83.6 Å². The van der Waals surface area contributed by atoms with E-state index in [1.807, 2.05) is 6.92 Å². The van der Waals surface area contributed by atoms with Gasteiger partial charge in [0.25, 0.3) is 0 Å². The second-order valence-corrected chi connectivity index (χ2v) is 12.0. The molecule has 1 aromatic carbocycles. The van der Waals surface area contributed by atoms with Gasteiger partial charge in [0.2, 0.25) is 11.8 Å². The van der Waals surface area contributed by atoms with Crippen molar-refractivity contribution >= 4 is 17.5 Å². The molecule has 3 saturated carbocycles. The lowest BCUT2D eigenvalue weighted by Gasteiger charge is -2.60. The number of piperidine rings is 1. The Morgan fingerprint density at radius 2 is 1.62 bits per heavy atom. The summed E-state index contributed by atoms with van der Waals surface area (Å²) >= 11 is 0. The molecule has 0 radical (unpaired) electrons. The lowest BCUT2D eigenvalue weighted by Crippen LogP contribution is -2.61. The molecule has 204 valence electrons. The first-order valence-corrected chi connectivity index (χ1v) is 13.0. The highest BCUT2D eigenvalue weighted by Gasteiger charge is 2.61. The number of nitrogens with one attached hydrogen (secondary N) is 2. The third kappa shape index (κ3) is 4.32. The molecule has 0 bridgehead atoms. The van der Waals surface area contributed by atoms with Crippen LogP contribution in [0.2, 0.25) is 0 Å². The summed E-state index contributed by atoms with van der Waals surface area (Å²) in [6.45, 7) is 4.28. The number of carbonyl (C=O) groups excluding carboxylic acids is 2. The summed E-state index contributed by atoms with van der Waals surface area (Å²) in [6, 6.07) is 1.29. The second kappa shape index (κ2) is 8.63. The predicted molar refractivity (Wildman–Crippen MR) is 124 cm³/mol. The Labute approximate surface area is 211 Å². The zero-order valence-corrected chi connectivity index (χ0v) is 20.9. The van der Waals surface area contributed by atoms with E-state index in [0.717, 1.165) is 38.5 Å². The Balaban J connectivity index is 1.39. The number of carbonyl (C=O) groups is 2. The number of alkyl halides is 6. The van der Waals surface area contributed by atoms with Crippen LogP contribution in [-0.2, 0) is 21.9 Å². The SMILES string of the molecule is CC12CCC(=O)NC1CCC1C2CCC2(C)C(C(=O)Nc3cc(C(F)(F)F)ccc3C(F)(F)F)CCC12. The summed E-state index contributed by atoms with van der Waals surface area (Å²) in [6.07, 6.45) is -3.78. The topological polar surface area (TPSA) is 58.2 Å².